The second-order valence-electron chi connectivity index (χ2n) is 2.36. The quantitative estimate of drug-likeness (QED) is 0.449. The normalized spacial score (nSPS) is 9.80. The van der Waals surface area contributed by atoms with E-state index in [0.717, 1.165) is 18.6 Å². The van der Waals surface area contributed by atoms with Gasteiger partial charge in [0.2, 0.25) is 0 Å². The number of unbranched alkanes of at least 4 members (excludes halogenated alkanes) is 1. The van der Waals surface area contributed by atoms with E-state index in [1.54, 1.807) is 0 Å². The standard InChI is InChI=1S/C8H17NO/c1-3-4-5-10-7-8(2)6-9/h2-7,9H2,1H3. The average Bonchev–Trinajstić information content (AvgIpc) is 1.98. The molecule has 0 spiro atoms. The van der Waals surface area contributed by atoms with E-state index in [-0.39, 0.29) is 0 Å². The highest BCUT2D eigenvalue weighted by Crippen LogP contribution is 1.91. The molecular formula is C8H17NO. The average molecular weight is 143 g/mol. The minimum absolute atomic E-state index is 0.534. The minimum Gasteiger partial charge on any atom is -0.377 e. The van der Waals surface area contributed by atoms with Crippen LogP contribution in [0, 0.1) is 0 Å². The lowest BCUT2D eigenvalue weighted by Gasteiger charge is -2.02. The van der Waals surface area contributed by atoms with E-state index in [0.29, 0.717) is 13.2 Å². The van der Waals surface area contributed by atoms with Gasteiger partial charge in [-0.15, -0.1) is 0 Å². The molecular weight excluding hydrogens is 126 g/mol. The highest BCUT2D eigenvalue weighted by molar-refractivity contribution is 4.95. The van der Waals surface area contributed by atoms with Gasteiger partial charge < -0.3 is 10.5 Å². The molecule has 0 atom stereocenters. The first-order valence-corrected chi connectivity index (χ1v) is 3.75. The molecule has 2 nitrogen and oxygen atoms in total. The Morgan fingerprint density at radius 3 is 2.80 bits per heavy atom. The van der Waals surface area contributed by atoms with Crippen molar-refractivity contribution < 1.29 is 4.74 Å². The fourth-order valence-electron chi connectivity index (χ4n) is 0.522. The molecule has 0 radical (unpaired) electrons. The first kappa shape index (κ1) is 9.66. The van der Waals surface area contributed by atoms with Gasteiger partial charge >= 0.3 is 0 Å². The van der Waals surface area contributed by atoms with Crippen LogP contribution in [0.3, 0.4) is 0 Å². The van der Waals surface area contributed by atoms with Crippen molar-refractivity contribution in [1.82, 2.24) is 0 Å². The van der Waals surface area contributed by atoms with Gasteiger partial charge in [-0.2, -0.15) is 0 Å². The van der Waals surface area contributed by atoms with E-state index < -0.39 is 0 Å². The smallest absolute Gasteiger partial charge is 0.0686 e. The Hall–Kier alpha value is -0.340. The van der Waals surface area contributed by atoms with Gasteiger partial charge in [0.05, 0.1) is 6.61 Å². The van der Waals surface area contributed by atoms with Crippen molar-refractivity contribution in [3.63, 3.8) is 0 Å². The van der Waals surface area contributed by atoms with E-state index in [2.05, 4.69) is 13.5 Å². The van der Waals surface area contributed by atoms with Crippen LogP contribution in [0.25, 0.3) is 0 Å². The van der Waals surface area contributed by atoms with E-state index in [1.165, 1.54) is 6.42 Å². The predicted octanol–water partition coefficient (Wildman–Crippen LogP) is 1.32. The molecule has 0 rings (SSSR count). The molecule has 0 aromatic heterocycles. The SMILES string of the molecule is C=C(CN)COCCCC. The van der Waals surface area contributed by atoms with E-state index in [1.807, 2.05) is 0 Å². The molecule has 2 N–H and O–H groups in total. The van der Waals surface area contributed by atoms with Crippen LogP contribution in [0.15, 0.2) is 12.2 Å². The number of nitrogens with two attached hydrogens (primary N) is 1. The number of hydrogen-bond acceptors (Lipinski definition) is 2. The molecule has 0 unspecified atom stereocenters. The van der Waals surface area contributed by atoms with Crippen LogP contribution < -0.4 is 5.73 Å². The topological polar surface area (TPSA) is 35.2 Å². The zero-order chi connectivity index (χ0) is 7.82. The molecule has 0 aliphatic heterocycles. The van der Waals surface area contributed by atoms with E-state index in [9.17, 15) is 0 Å². The van der Waals surface area contributed by atoms with Gasteiger partial charge in [0.1, 0.15) is 0 Å². The first-order chi connectivity index (χ1) is 4.81. The molecule has 0 aliphatic carbocycles. The van der Waals surface area contributed by atoms with Crippen LogP contribution in [0.1, 0.15) is 19.8 Å². The summed E-state index contributed by atoms with van der Waals surface area (Å²) in [5.41, 5.74) is 6.28. The molecule has 0 saturated heterocycles. The van der Waals surface area contributed by atoms with Gasteiger partial charge in [0.25, 0.3) is 0 Å². The van der Waals surface area contributed by atoms with Crippen molar-refractivity contribution in [2.75, 3.05) is 19.8 Å². The Labute approximate surface area is 63.1 Å². The Bertz CT molecular complexity index is 91.3. The van der Waals surface area contributed by atoms with Crippen LogP contribution in [0.5, 0.6) is 0 Å². The Kier molecular flexibility index (Phi) is 6.55. The summed E-state index contributed by atoms with van der Waals surface area (Å²) >= 11 is 0. The number of ether oxygens (including phenoxy) is 1. The molecule has 0 amide bonds. The minimum atomic E-state index is 0.534. The zero-order valence-electron chi connectivity index (χ0n) is 6.73. The second kappa shape index (κ2) is 6.78. The highest BCUT2D eigenvalue weighted by atomic mass is 16.5. The summed E-state index contributed by atoms with van der Waals surface area (Å²) in [4.78, 5) is 0. The summed E-state index contributed by atoms with van der Waals surface area (Å²) in [6.07, 6.45) is 2.30. The molecule has 0 bridgehead atoms. The van der Waals surface area contributed by atoms with E-state index in [4.69, 9.17) is 10.5 Å². The summed E-state index contributed by atoms with van der Waals surface area (Å²) in [5.74, 6) is 0. The molecule has 0 aromatic carbocycles. The second-order valence-corrected chi connectivity index (χ2v) is 2.36. The fourth-order valence-corrected chi connectivity index (χ4v) is 0.522. The van der Waals surface area contributed by atoms with Gasteiger partial charge in [-0.3, -0.25) is 0 Å². The van der Waals surface area contributed by atoms with Gasteiger partial charge in [-0.1, -0.05) is 19.9 Å². The molecule has 0 saturated carbocycles. The van der Waals surface area contributed by atoms with E-state index >= 15 is 0 Å². The maximum atomic E-state index is 5.31. The molecule has 0 fully saturated rings. The lowest BCUT2D eigenvalue weighted by Crippen LogP contribution is -2.08. The number of hydrogen-bond donors (Lipinski definition) is 1. The molecule has 10 heavy (non-hydrogen) atoms. The fraction of sp³-hybridized carbons (Fsp3) is 0.750. The summed E-state index contributed by atoms with van der Waals surface area (Å²) in [7, 11) is 0. The van der Waals surface area contributed by atoms with Crippen molar-refractivity contribution in [3.8, 4) is 0 Å². The van der Waals surface area contributed by atoms with Crippen molar-refractivity contribution in [1.29, 1.82) is 0 Å². The third-order valence-electron chi connectivity index (χ3n) is 1.24. The summed E-state index contributed by atoms with van der Waals surface area (Å²) in [5, 5.41) is 0. The van der Waals surface area contributed by atoms with Gasteiger partial charge in [0.15, 0.2) is 0 Å². The lowest BCUT2D eigenvalue weighted by atomic mass is 10.3. The lowest BCUT2D eigenvalue weighted by molar-refractivity contribution is 0.152. The summed E-state index contributed by atoms with van der Waals surface area (Å²) in [6.45, 7) is 7.85. The van der Waals surface area contributed by atoms with Gasteiger partial charge in [-0.05, 0) is 12.0 Å². The Morgan fingerprint density at radius 2 is 2.30 bits per heavy atom. The van der Waals surface area contributed by atoms with Crippen molar-refractivity contribution in [2.24, 2.45) is 5.73 Å². The van der Waals surface area contributed by atoms with Crippen LogP contribution >= 0.6 is 0 Å². The highest BCUT2D eigenvalue weighted by Gasteiger charge is 1.89. The third-order valence-corrected chi connectivity index (χ3v) is 1.24. The van der Waals surface area contributed by atoms with Crippen LogP contribution in [-0.2, 0) is 4.74 Å². The van der Waals surface area contributed by atoms with Crippen molar-refractivity contribution >= 4 is 0 Å². The number of rotatable bonds is 6. The molecule has 2 heteroatoms. The predicted molar refractivity (Wildman–Crippen MR) is 43.9 cm³/mol. The monoisotopic (exact) mass is 143 g/mol. The first-order valence-electron chi connectivity index (χ1n) is 3.75. The zero-order valence-corrected chi connectivity index (χ0v) is 6.73. The molecule has 0 heterocycles. The molecule has 60 valence electrons. The third kappa shape index (κ3) is 5.79. The van der Waals surface area contributed by atoms with Crippen LogP contribution in [0.4, 0.5) is 0 Å². The van der Waals surface area contributed by atoms with Crippen molar-refractivity contribution in [3.05, 3.63) is 12.2 Å². The Morgan fingerprint density at radius 1 is 1.60 bits per heavy atom. The Balaban J connectivity index is 2.96. The maximum absolute atomic E-state index is 5.31. The largest absolute Gasteiger partial charge is 0.377 e. The molecule has 0 aromatic rings. The van der Waals surface area contributed by atoms with Crippen LogP contribution in [-0.4, -0.2) is 19.8 Å². The summed E-state index contributed by atoms with van der Waals surface area (Å²) < 4.78 is 5.25. The summed E-state index contributed by atoms with van der Waals surface area (Å²) in [6, 6.07) is 0. The van der Waals surface area contributed by atoms with Crippen LogP contribution in [0.2, 0.25) is 0 Å². The maximum Gasteiger partial charge on any atom is 0.0686 e. The molecule has 0 aliphatic rings. The van der Waals surface area contributed by atoms with Gasteiger partial charge in [-0.25, -0.2) is 0 Å². The van der Waals surface area contributed by atoms with Crippen molar-refractivity contribution in [2.45, 2.75) is 19.8 Å². The van der Waals surface area contributed by atoms with Gasteiger partial charge in [0, 0.05) is 13.2 Å².